The van der Waals surface area contributed by atoms with Gasteiger partial charge < -0.3 is 15.0 Å². The van der Waals surface area contributed by atoms with Crippen LogP contribution in [0.3, 0.4) is 0 Å². The van der Waals surface area contributed by atoms with Crippen LogP contribution in [0.2, 0.25) is 0 Å². The molecule has 0 saturated heterocycles. The van der Waals surface area contributed by atoms with E-state index in [-0.39, 0.29) is 0 Å². The quantitative estimate of drug-likeness (QED) is 0.688. The lowest BCUT2D eigenvalue weighted by atomic mass is 9.79. The summed E-state index contributed by atoms with van der Waals surface area (Å²) in [6, 6.07) is 0. The molecule has 1 aliphatic rings. The number of methoxy groups -OCH3 is 1. The largest absolute Gasteiger partial charge is 0.467 e. The Morgan fingerprint density at radius 1 is 1.67 bits per heavy atom. The molecule has 0 aliphatic heterocycles. The number of nitrogens with two attached hydrogens (primary N) is 1. The van der Waals surface area contributed by atoms with Gasteiger partial charge in [0.25, 0.3) is 0 Å². The van der Waals surface area contributed by atoms with Gasteiger partial charge in [-0.15, -0.1) is 0 Å². The van der Waals surface area contributed by atoms with Gasteiger partial charge in [0.05, 0.1) is 12.8 Å². The minimum absolute atomic E-state index is 0.422. The maximum Gasteiger partial charge on any atom is 0.330 e. The minimum Gasteiger partial charge on any atom is -0.467 e. The first kappa shape index (κ1) is 10.2. The van der Waals surface area contributed by atoms with Gasteiger partial charge in [0.2, 0.25) is 0 Å². The first-order valence-corrected chi connectivity index (χ1v) is 4.92. The number of esters is 1. The SMILES string of the molecule is COC(=O)C1(N)CCCc2onc(C)c21. The summed E-state index contributed by atoms with van der Waals surface area (Å²) in [6.45, 7) is 1.79. The molecule has 1 aromatic rings. The van der Waals surface area contributed by atoms with E-state index in [4.69, 9.17) is 15.0 Å². The first-order chi connectivity index (χ1) is 7.09. The monoisotopic (exact) mass is 210 g/mol. The van der Waals surface area contributed by atoms with Crippen molar-refractivity contribution in [1.29, 1.82) is 0 Å². The standard InChI is InChI=1S/C10H14N2O3/c1-6-8-7(15-12-6)4-3-5-10(8,11)9(13)14-2/h3-5,11H2,1-2H3. The van der Waals surface area contributed by atoms with Crippen LogP contribution >= 0.6 is 0 Å². The van der Waals surface area contributed by atoms with E-state index < -0.39 is 11.5 Å². The molecule has 0 bridgehead atoms. The van der Waals surface area contributed by atoms with Gasteiger partial charge in [-0.3, -0.25) is 0 Å². The Morgan fingerprint density at radius 3 is 3.07 bits per heavy atom. The van der Waals surface area contributed by atoms with Gasteiger partial charge in [-0.25, -0.2) is 4.79 Å². The third kappa shape index (κ3) is 1.34. The molecular weight excluding hydrogens is 196 g/mol. The highest BCUT2D eigenvalue weighted by atomic mass is 16.5. The predicted octanol–water partition coefficient (Wildman–Crippen LogP) is 0.646. The van der Waals surface area contributed by atoms with Crippen LogP contribution in [-0.2, 0) is 21.5 Å². The number of carbonyl (C=O) groups is 1. The van der Waals surface area contributed by atoms with Crippen molar-refractivity contribution in [2.24, 2.45) is 5.73 Å². The molecule has 82 valence electrons. The van der Waals surface area contributed by atoms with Crippen LogP contribution in [-0.4, -0.2) is 18.2 Å². The van der Waals surface area contributed by atoms with Crippen molar-refractivity contribution in [3.63, 3.8) is 0 Å². The van der Waals surface area contributed by atoms with Gasteiger partial charge in [-0.2, -0.15) is 0 Å². The molecule has 0 fully saturated rings. The predicted molar refractivity (Wildman–Crippen MR) is 52.1 cm³/mol. The summed E-state index contributed by atoms with van der Waals surface area (Å²) in [4.78, 5) is 11.7. The molecule has 0 saturated carbocycles. The first-order valence-electron chi connectivity index (χ1n) is 4.92. The van der Waals surface area contributed by atoms with Crippen LogP contribution in [0, 0.1) is 6.92 Å². The second kappa shape index (κ2) is 3.34. The number of rotatable bonds is 1. The molecule has 2 N–H and O–H groups in total. The molecular formula is C10H14N2O3. The molecule has 1 heterocycles. The number of fused-ring (bicyclic) bond motifs is 1. The summed E-state index contributed by atoms with van der Waals surface area (Å²) in [6.07, 6.45) is 2.17. The Bertz CT molecular complexity index is 399. The second-order valence-electron chi connectivity index (χ2n) is 3.88. The molecule has 15 heavy (non-hydrogen) atoms. The lowest BCUT2D eigenvalue weighted by Crippen LogP contribution is -2.48. The van der Waals surface area contributed by atoms with Crippen molar-refractivity contribution in [3.8, 4) is 0 Å². The van der Waals surface area contributed by atoms with Crippen molar-refractivity contribution in [2.45, 2.75) is 31.7 Å². The Labute approximate surface area is 87.6 Å². The zero-order chi connectivity index (χ0) is 11.1. The molecule has 0 spiro atoms. The van der Waals surface area contributed by atoms with Gasteiger partial charge in [0.15, 0.2) is 0 Å². The van der Waals surface area contributed by atoms with E-state index in [9.17, 15) is 4.79 Å². The van der Waals surface area contributed by atoms with E-state index in [2.05, 4.69) is 5.16 Å². The maximum absolute atomic E-state index is 11.7. The fourth-order valence-corrected chi connectivity index (χ4v) is 2.20. The molecule has 0 radical (unpaired) electrons. The number of aromatic nitrogens is 1. The molecule has 5 nitrogen and oxygen atoms in total. The fourth-order valence-electron chi connectivity index (χ4n) is 2.20. The number of ether oxygens (including phenoxy) is 1. The van der Waals surface area contributed by atoms with E-state index in [1.807, 2.05) is 0 Å². The van der Waals surface area contributed by atoms with Crippen molar-refractivity contribution in [2.75, 3.05) is 7.11 Å². The molecule has 1 aromatic heterocycles. The third-order valence-corrected chi connectivity index (χ3v) is 2.90. The van der Waals surface area contributed by atoms with Crippen LogP contribution < -0.4 is 5.73 Å². The highest BCUT2D eigenvalue weighted by Gasteiger charge is 2.44. The summed E-state index contributed by atoms with van der Waals surface area (Å²) in [5.74, 6) is 0.293. The van der Waals surface area contributed by atoms with Gasteiger partial charge in [-0.05, 0) is 19.8 Å². The van der Waals surface area contributed by atoms with Crippen molar-refractivity contribution < 1.29 is 14.1 Å². The van der Waals surface area contributed by atoms with Crippen molar-refractivity contribution >= 4 is 5.97 Å². The number of hydrogen-bond donors (Lipinski definition) is 1. The minimum atomic E-state index is -1.08. The average molecular weight is 210 g/mol. The van der Waals surface area contributed by atoms with E-state index in [1.165, 1.54) is 7.11 Å². The molecule has 1 aliphatic carbocycles. The van der Waals surface area contributed by atoms with Crippen LogP contribution in [0.4, 0.5) is 0 Å². The van der Waals surface area contributed by atoms with Gasteiger partial charge >= 0.3 is 5.97 Å². The highest BCUT2D eigenvalue weighted by molar-refractivity contribution is 5.83. The Kier molecular flexibility index (Phi) is 2.26. The summed E-state index contributed by atoms with van der Waals surface area (Å²) in [5.41, 5.74) is 6.41. The molecule has 2 rings (SSSR count). The topological polar surface area (TPSA) is 78.4 Å². The van der Waals surface area contributed by atoms with Crippen molar-refractivity contribution in [1.82, 2.24) is 5.16 Å². The fraction of sp³-hybridized carbons (Fsp3) is 0.600. The summed E-state index contributed by atoms with van der Waals surface area (Å²) in [7, 11) is 1.34. The number of nitrogens with zero attached hydrogens (tertiary/aromatic N) is 1. The lowest BCUT2D eigenvalue weighted by Gasteiger charge is -2.29. The van der Waals surface area contributed by atoms with Gasteiger partial charge in [0.1, 0.15) is 11.3 Å². The lowest BCUT2D eigenvalue weighted by molar-refractivity contribution is -0.148. The Hall–Kier alpha value is -1.36. The van der Waals surface area contributed by atoms with Gasteiger partial charge in [0, 0.05) is 12.0 Å². The number of carbonyl (C=O) groups excluding carboxylic acids is 1. The maximum atomic E-state index is 11.7. The van der Waals surface area contributed by atoms with Crippen molar-refractivity contribution in [3.05, 3.63) is 17.0 Å². The normalized spacial score (nSPS) is 24.7. The van der Waals surface area contributed by atoms with Crippen LogP contribution in [0.5, 0.6) is 0 Å². The van der Waals surface area contributed by atoms with Crippen LogP contribution in [0.1, 0.15) is 29.9 Å². The zero-order valence-electron chi connectivity index (χ0n) is 8.87. The smallest absolute Gasteiger partial charge is 0.330 e. The molecule has 1 unspecified atom stereocenters. The summed E-state index contributed by atoms with van der Waals surface area (Å²) >= 11 is 0. The third-order valence-electron chi connectivity index (χ3n) is 2.90. The summed E-state index contributed by atoms with van der Waals surface area (Å²) in [5, 5.41) is 3.85. The molecule has 0 aromatic carbocycles. The van der Waals surface area contributed by atoms with E-state index in [1.54, 1.807) is 6.92 Å². The van der Waals surface area contributed by atoms with E-state index in [0.29, 0.717) is 23.4 Å². The van der Waals surface area contributed by atoms with E-state index >= 15 is 0 Å². The highest BCUT2D eigenvalue weighted by Crippen LogP contribution is 2.36. The molecule has 1 atom stereocenters. The molecule has 0 amide bonds. The molecule has 5 heteroatoms. The van der Waals surface area contributed by atoms with E-state index in [0.717, 1.165) is 12.8 Å². The number of hydrogen-bond acceptors (Lipinski definition) is 5. The number of aryl methyl sites for hydroxylation is 2. The zero-order valence-corrected chi connectivity index (χ0v) is 8.87. The van der Waals surface area contributed by atoms with Gasteiger partial charge in [-0.1, -0.05) is 5.16 Å². The van der Waals surface area contributed by atoms with Crippen LogP contribution in [0.25, 0.3) is 0 Å². The summed E-state index contributed by atoms with van der Waals surface area (Å²) < 4.78 is 9.88. The van der Waals surface area contributed by atoms with Crippen LogP contribution in [0.15, 0.2) is 4.52 Å². The second-order valence-corrected chi connectivity index (χ2v) is 3.88. The average Bonchev–Trinajstić information content (AvgIpc) is 2.61. The Balaban J connectivity index is 2.53. The Morgan fingerprint density at radius 2 is 2.40 bits per heavy atom.